The molecule has 3 rings (SSSR count). The highest BCUT2D eigenvalue weighted by Crippen LogP contribution is 2.30. The summed E-state index contributed by atoms with van der Waals surface area (Å²) in [7, 11) is 0. The van der Waals surface area contributed by atoms with Crippen molar-refractivity contribution in [1.82, 2.24) is 0 Å². The summed E-state index contributed by atoms with van der Waals surface area (Å²) in [5, 5.41) is 1.91. The highest BCUT2D eigenvalue weighted by atomic mass is 32.1. The Bertz CT molecular complexity index is 809. The lowest BCUT2D eigenvalue weighted by Crippen LogP contribution is -2.03. The molecule has 2 heterocycles. The predicted octanol–water partition coefficient (Wildman–Crippen LogP) is 4.28. The van der Waals surface area contributed by atoms with E-state index in [9.17, 15) is 4.79 Å². The fraction of sp³-hybridized carbons (Fsp3) is 0.263. The Morgan fingerprint density at radius 2 is 2.08 bits per heavy atom. The highest BCUT2D eigenvalue weighted by Gasteiger charge is 2.24. The van der Waals surface area contributed by atoms with Crippen molar-refractivity contribution >= 4 is 29.3 Å². The number of thiophene rings is 1. The summed E-state index contributed by atoms with van der Waals surface area (Å²) in [5.41, 5.74) is 1.07. The molecule has 0 amide bonds. The van der Waals surface area contributed by atoms with Crippen LogP contribution in [0.3, 0.4) is 0 Å². The lowest BCUT2D eigenvalue weighted by molar-refractivity contribution is -0.129. The van der Waals surface area contributed by atoms with E-state index in [0.717, 1.165) is 16.9 Å². The number of hydrogen-bond donors (Lipinski definition) is 0. The van der Waals surface area contributed by atoms with Gasteiger partial charge in [-0.15, -0.1) is 11.3 Å². The molecule has 0 spiro atoms. The fourth-order valence-electron chi connectivity index (χ4n) is 2.29. The minimum atomic E-state index is -0.451. The Balaban J connectivity index is 1.87. The van der Waals surface area contributed by atoms with E-state index >= 15 is 0 Å². The molecule has 0 atom stereocenters. The van der Waals surface area contributed by atoms with Crippen LogP contribution in [0.2, 0.25) is 0 Å². The maximum absolute atomic E-state index is 12.0. The number of ether oxygens (including phenoxy) is 3. The molecule has 0 N–H and O–H groups in total. The number of rotatable bonds is 7. The first kappa shape index (κ1) is 17.2. The van der Waals surface area contributed by atoms with Crippen LogP contribution in [0.1, 0.15) is 30.7 Å². The number of cyclic esters (lactones) is 1. The molecule has 1 aliphatic rings. The topological polar surface area (TPSA) is 57.1 Å². The third kappa shape index (κ3) is 4.09. The molecule has 0 saturated heterocycles. The van der Waals surface area contributed by atoms with E-state index in [2.05, 4.69) is 4.99 Å². The van der Waals surface area contributed by atoms with E-state index in [1.54, 1.807) is 6.08 Å². The van der Waals surface area contributed by atoms with Gasteiger partial charge in [-0.05, 0) is 48.6 Å². The molecule has 5 nitrogen and oxygen atoms in total. The maximum Gasteiger partial charge on any atom is 0.363 e. The van der Waals surface area contributed by atoms with Crippen LogP contribution < -0.4 is 9.47 Å². The molecule has 0 bridgehead atoms. The van der Waals surface area contributed by atoms with Crippen LogP contribution in [0.15, 0.2) is 46.4 Å². The summed E-state index contributed by atoms with van der Waals surface area (Å²) < 4.78 is 16.6. The second kappa shape index (κ2) is 7.98. The number of hydrogen-bond acceptors (Lipinski definition) is 6. The molecule has 6 heteroatoms. The van der Waals surface area contributed by atoms with Gasteiger partial charge in [0, 0.05) is 0 Å². The molecular formula is C19H19NO4S. The number of esters is 1. The molecule has 0 fully saturated rings. The van der Waals surface area contributed by atoms with Gasteiger partial charge in [0.25, 0.3) is 0 Å². The van der Waals surface area contributed by atoms with Crippen molar-refractivity contribution < 1.29 is 19.0 Å². The minimum Gasteiger partial charge on any atom is -0.490 e. The van der Waals surface area contributed by atoms with Gasteiger partial charge in [-0.2, -0.15) is 0 Å². The SMILES string of the molecule is CCCOc1ccc(/C=C2/N=C(c3cccs3)OC2=O)cc1OCC. The zero-order valence-corrected chi connectivity index (χ0v) is 15.0. The largest absolute Gasteiger partial charge is 0.490 e. The first-order chi connectivity index (χ1) is 12.2. The van der Waals surface area contributed by atoms with Crippen LogP contribution in [0.25, 0.3) is 6.08 Å². The average Bonchev–Trinajstić information content (AvgIpc) is 3.25. The lowest BCUT2D eigenvalue weighted by atomic mass is 10.1. The standard InChI is InChI=1S/C19H19NO4S/c1-3-9-23-15-8-7-13(12-16(15)22-4-2)11-14-19(21)24-18(20-14)17-6-5-10-25-17/h5-8,10-12H,3-4,9H2,1-2H3/b14-11+. The molecule has 1 aromatic heterocycles. The zero-order chi connectivity index (χ0) is 17.6. The molecule has 25 heavy (non-hydrogen) atoms. The van der Waals surface area contributed by atoms with E-state index in [4.69, 9.17) is 14.2 Å². The Hall–Kier alpha value is -2.60. The van der Waals surface area contributed by atoms with E-state index in [0.29, 0.717) is 30.6 Å². The maximum atomic E-state index is 12.0. The molecule has 0 radical (unpaired) electrons. The van der Waals surface area contributed by atoms with E-state index in [1.165, 1.54) is 11.3 Å². The van der Waals surface area contributed by atoms with E-state index in [-0.39, 0.29) is 5.70 Å². The third-order valence-electron chi connectivity index (χ3n) is 3.39. The van der Waals surface area contributed by atoms with Crippen molar-refractivity contribution in [2.45, 2.75) is 20.3 Å². The van der Waals surface area contributed by atoms with Crippen molar-refractivity contribution in [2.75, 3.05) is 13.2 Å². The van der Waals surface area contributed by atoms with Crippen molar-refractivity contribution in [3.05, 3.63) is 51.8 Å². The summed E-state index contributed by atoms with van der Waals surface area (Å²) in [6, 6.07) is 9.31. The van der Waals surface area contributed by atoms with Crippen molar-refractivity contribution in [1.29, 1.82) is 0 Å². The molecular weight excluding hydrogens is 338 g/mol. The van der Waals surface area contributed by atoms with Gasteiger partial charge < -0.3 is 14.2 Å². The van der Waals surface area contributed by atoms with Gasteiger partial charge >= 0.3 is 5.97 Å². The van der Waals surface area contributed by atoms with Crippen molar-refractivity contribution in [2.24, 2.45) is 4.99 Å². The third-order valence-corrected chi connectivity index (χ3v) is 4.24. The van der Waals surface area contributed by atoms with Crippen LogP contribution in [0, 0.1) is 0 Å². The second-order valence-electron chi connectivity index (χ2n) is 5.30. The van der Waals surface area contributed by atoms with Crippen LogP contribution in [0.5, 0.6) is 11.5 Å². The zero-order valence-electron chi connectivity index (χ0n) is 14.2. The molecule has 0 aliphatic carbocycles. The Morgan fingerprint density at radius 1 is 1.20 bits per heavy atom. The first-order valence-electron chi connectivity index (χ1n) is 8.17. The number of benzene rings is 1. The van der Waals surface area contributed by atoms with Crippen LogP contribution in [-0.2, 0) is 9.53 Å². The smallest absolute Gasteiger partial charge is 0.363 e. The van der Waals surface area contributed by atoms with Crippen molar-refractivity contribution in [3.8, 4) is 11.5 Å². The molecule has 2 aromatic rings. The van der Waals surface area contributed by atoms with Crippen LogP contribution in [0.4, 0.5) is 0 Å². The number of nitrogens with zero attached hydrogens (tertiary/aromatic N) is 1. The van der Waals surface area contributed by atoms with Gasteiger partial charge in [-0.1, -0.05) is 19.1 Å². The van der Waals surface area contributed by atoms with Gasteiger partial charge in [0.1, 0.15) is 0 Å². The number of carbonyl (C=O) groups is 1. The number of aliphatic imine (C=N–C) groups is 1. The molecule has 0 unspecified atom stereocenters. The van der Waals surface area contributed by atoms with Gasteiger partial charge in [0.2, 0.25) is 5.90 Å². The van der Waals surface area contributed by atoms with Gasteiger partial charge in [0.15, 0.2) is 17.2 Å². The lowest BCUT2D eigenvalue weighted by Gasteiger charge is -2.12. The fourth-order valence-corrected chi connectivity index (χ4v) is 2.94. The minimum absolute atomic E-state index is 0.271. The summed E-state index contributed by atoms with van der Waals surface area (Å²) >= 11 is 1.48. The van der Waals surface area contributed by atoms with Gasteiger partial charge in [-0.25, -0.2) is 9.79 Å². The quantitative estimate of drug-likeness (QED) is 0.548. The van der Waals surface area contributed by atoms with Crippen LogP contribution in [-0.4, -0.2) is 25.1 Å². The monoisotopic (exact) mass is 357 g/mol. The summed E-state index contributed by atoms with van der Waals surface area (Å²) in [5.74, 6) is 1.24. The first-order valence-corrected chi connectivity index (χ1v) is 9.05. The summed E-state index contributed by atoms with van der Waals surface area (Å²) in [4.78, 5) is 17.2. The Labute approximate surface area is 150 Å². The summed E-state index contributed by atoms with van der Waals surface area (Å²) in [6.07, 6.45) is 2.61. The van der Waals surface area contributed by atoms with Gasteiger partial charge in [-0.3, -0.25) is 0 Å². The average molecular weight is 357 g/mol. The normalized spacial score (nSPS) is 15.2. The molecule has 130 valence electrons. The number of carbonyl (C=O) groups excluding carboxylic acids is 1. The Morgan fingerprint density at radius 3 is 2.80 bits per heavy atom. The molecule has 1 aliphatic heterocycles. The second-order valence-corrected chi connectivity index (χ2v) is 6.25. The molecule has 1 aromatic carbocycles. The summed E-state index contributed by atoms with van der Waals surface area (Å²) in [6.45, 7) is 5.13. The van der Waals surface area contributed by atoms with E-state index in [1.807, 2.05) is 49.6 Å². The highest BCUT2D eigenvalue weighted by molar-refractivity contribution is 7.12. The Kier molecular flexibility index (Phi) is 5.50. The van der Waals surface area contributed by atoms with Gasteiger partial charge in [0.05, 0.1) is 18.1 Å². The molecule has 0 saturated carbocycles. The van der Waals surface area contributed by atoms with Crippen LogP contribution >= 0.6 is 11.3 Å². The van der Waals surface area contributed by atoms with E-state index < -0.39 is 5.97 Å². The van der Waals surface area contributed by atoms with Crippen molar-refractivity contribution in [3.63, 3.8) is 0 Å². The predicted molar refractivity (Wildman–Crippen MR) is 98.3 cm³/mol.